The molecule has 3 N–H and O–H groups in total. The lowest BCUT2D eigenvalue weighted by molar-refractivity contribution is -0.129. The number of amidine groups is 1. The fraction of sp³-hybridized carbons (Fsp3) is 0.467. The van der Waals surface area contributed by atoms with E-state index in [1.165, 1.54) is 0 Å². The molecule has 0 radical (unpaired) electrons. The van der Waals surface area contributed by atoms with Gasteiger partial charge in [0.1, 0.15) is 0 Å². The number of rotatable bonds is 3. The molecule has 0 spiro atoms. The van der Waals surface area contributed by atoms with Crippen LogP contribution in [0.2, 0.25) is 0 Å². The molecule has 1 saturated heterocycles. The number of nitrogens with zero attached hydrogens (tertiary/aromatic N) is 2. The second-order valence-corrected chi connectivity index (χ2v) is 5.61. The van der Waals surface area contributed by atoms with Gasteiger partial charge in [0.25, 0.3) is 0 Å². The van der Waals surface area contributed by atoms with Crippen LogP contribution in [0.4, 0.5) is 0 Å². The molecule has 1 aliphatic heterocycles. The second kappa shape index (κ2) is 5.94. The molecule has 0 bridgehead atoms. The van der Waals surface area contributed by atoms with Crippen molar-refractivity contribution in [2.75, 3.05) is 13.1 Å². The van der Waals surface area contributed by atoms with Gasteiger partial charge in [0, 0.05) is 18.7 Å². The molecule has 20 heavy (non-hydrogen) atoms. The summed E-state index contributed by atoms with van der Waals surface area (Å²) in [5.74, 6) is 1.38. The molecule has 108 valence electrons. The number of carbonyl (C=O) groups excluding carboxylic acids is 1. The molecule has 1 heterocycles. The third-order valence-corrected chi connectivity index (χ3v) is 4.05. The number of carbonyl (C=O) groups is 1. The van der Waals surface area contributed by atoms with E-state index in [1.54, 1.807) is 12.1 Å². The van der Waals surface area contributed by atoms with Gasteiger partial charge in [-0.3, -0.25) is 4.79 Å². The zero-order valence-electron chi connectivity index (χ0n) is 11.9. The number of amides is 1. The summed E-state index contributed by atoms with van der Waals surface area (Å²) in [5.41, 5.74) is 7.09. The van der Waals surface area contributed by atoms with Gasteiger partial charge in [0.15, 0.2) is 5.84 Å². The highest BCUT2D eigenvalue weighted by Gasteiger charge is 2.28. The van der Waals surface area contributed by atoms with Crippen LogP contribution in [-0.4, -0.2) is 34.9 Å². The van der Waals surface area contributed by atoms with Gasteiger partial charge >= 0.3 is 0 Å². The summed E-state index contributed by atoms with van der Waals surface area (Å²) >= 11 is 0. The monoisotopic (exact) mass is 275 g/mol. The van der Waals surface area contributed by atoms with Crippen LogP contribution in [0.25, 0.3) is 0 Å². The predicted octanol–water partition coefficient (Wildman–Crippen LogP) is 1.44. The Morgan fingerprint density at radius 1 is 1.30 bits per heavy atom. The maximum absolute atomic E-state index is 12.2. The van der Waals surface area contributed by atoms with Gasteiger partial charge in [-0.1, -0.05) is 43.3 Å². The molecular weight excluding hydrogens is 254 g/mol. The summed E-state index contributed by atoms with van der Waals surface area (Å²) in [5, 5.41) is 11.5. The Labute approximate surface area is 119 Å². The highest BCUT2D eigenvalue weighted by Crippen LogP contribution is 2.22. The number of benzene rings is 1. The first-order valence-electron chi connectivity index (χ1n) is 6.86. The standard InChI is InChI=1S/C15H21N3O2/c1-10-8-18(9-11(10)2)14(19)7-12-3-5-13(6-4-12)15(16)17-20/h3-6,10-11,20H,7-9H2,1-2H3,(H2,16,17). The summed E-state index contributed by atoms with van der Waals surface area (Å²) < 4.78 is 0. The van der Waals surface area contributed by atoms with Crippen molar-refractivity contribution in [1.82, 2.24) is 4.90 Å². The Hall–Kier alpha value is -2.04. The highest BCUT2D eigenvalue weighted by atomic mass is 16.4. The van der Waals surface area contributed by atoms with Gasteiger partial charge in [-0.25, -0.2) is 0 Å². The normalized spacial score (nSPS) is 23.1. The van der Waals surface area contributed by atoms with Crippen molar-refractivity contribution in [3.63, 3.8) is 0 Å². The first-order valence-corrected chi connectivity index (χ1v) is 6.86. The van der Waals surface area contributed by atoms with Gasteiger partial charge in [-0.05, 0) is 17.4 Å². The molecule has 2 unspecified atom stereocenters. The summed E-state index contributed by atoms with van der Waals surface area (Å²) in [6, 6.07) is 7.20. The Bertz CT molecular complexity index is 500. The summed E-state index contributed by atoms with van der Waals surface area (Å²) in [6.07, 6.45) is 0.399. The molecule has 0 aromatic heterocycles. The van der Waals surface area contributed by atoms with Crippen LogP contribution >= 0.6 is 0 Å². The fourth-order valence-corrected chi connectivity index (χ4v) is 2.47. The number of hydrogen-bond donors (Lipinski definition) is 2. The molecular formula is C15H21N3O2. The number of oxime groups is 1. The van der Waals surface area contributed by atoms with E-state index in [0.29, 0.717) is 23.8 Å². The van der Waals surface area contributed by atoms with Crippen LogP contribution in [-0.2, 0) is 11.2 Å². The maximum Gasteiger partial charge on any atom is 0.227 e. The third-order valence-electron chi connectivity index (χ3n) is 4.05. The summed E-state index contributed by atoms with van der Waals surface area (Å²) in [7, 11) is 0. The van der Waals surface area contributed by atoms with Crippen LogP contribution in [0.5, 0.6) is 0 Å². The minimum absolute atomic E-state index is 0.0741. The smallest absolute Gasteiger partial charge is 0.227 e. The zero-order chi connectivity index (χ0) is 14.7. The first kappa shape index (κ1) is 14.4. The quantitative estimate of drug-likeness (QED) is 0.379. The highest BCUT2D eigenvalue weighted by molar-refractivity contribution is 5.97. The average Bonchev–Trinajstić information content (AvgIpc) is 2.79. The Morgan fingerprint density at radius 3 is 2.35 bits per heavy atom. The Balaban J connectivity index is 1.98. The molecule has 1 aromatic rings. The molecule has 0 saturated carbocycles. The fourth-order valence-electron chi connectivity index (χ4n) is 2.47. The van der Waals surface area contributed by atoms with Crippen molar-refractivity contribution in [3.8, 4) is 0 Å². The molecule has 5 nitrogen and oxygen atoms in total. The van der Waals surface area contributed by atoms with Crippen molar-refractivity contribution in [2.24, 2.45) is 22.7 Å². The van der Waals surface area contributed by atoms with Gasteiger partial charge in [-0.15, -0.1) is 0 Å². The van der Waals surface area contributed by atoms with Gasteiger partial charge in [0.05, 0.1) is 6.42 Å². The SMILES string of the molecule is CC1CN(C(=O)Cc2ccc(C(N)=NO)cc2)CC1C. The first-order chi connectivity index (χ1) is 9.51. The van der Waals surface area contributed by atoms with Crippen molar-refractivity contribution in [2.45, 2.75) is 20.3 Å². The lowest BCUT2D eigenvalue weighted by atomic mass is 10.0. The number of likely N-dealkylation sites (tertiary alicyclic amines) is 1. The summed E-state index contributed by atoms with van der Waals surface area (Å²) in [4.78, 5) is 14.2. The van der Waals surface area contributed by atoms with Gasteiger partial charge in [0.2, 0.25) is 5.91 Å². The molecule has 1 amide bonds. The van der Waals surface area contributed by atoms with Crippen molar-refractivity contribution in [3.05, 3.63) is 35.4 Å². The minimum atomic E-state index is 0.0741. The van der Waals surface area contributed by atoms with Crippen LogP contribution in [0, 0.1) is 11.8 Å². The molecule has 1 aliphatic rings. The van der Waals surface area contributed by atoms with Crippen molar-refractivity contribution < 1.29 is 10.0 Å². The zero-order valence-corrected chi connectivity index (χ0v) is 11.9. The van der Waals surface area contributed by atoms with E-state index in [0.717, 1.165) is 18.7 Å². The van der Waals surface area contributed by atoms with Crippen LogP contribution < -0.4 is 5.73 Å². The number of nitrogens with two attached hydrogens (primary N) is 1. The topological polar surface area (TPSA) is 78.9 Å². The van der Waals surface area contributed by atoms with E-state index < -0.39 is 0 Å². The van der Waals surface area contributed by atoms with E-state index in [-0.39, 0.29) is 11.7 Å². The van der Waals surface area contributed by atoms with E-state index in [1.807, 2.05) is 17.0 Å². The van der Waals surface area contributed by atoms with Crippen molar-refractivity contribution in [1.29, 1.82) is 0 Å². The lowest BCUT2D eigenvalue weighted by Crippen LogP contribution is -2.30. The third kappa shape index (κ3) is 3.10. The molecule has 1 aromatic carbocycles. The van der Waals surface area contributed by atoms with Gasteiger partial charge in [-0.2, -0.15) is 0 Å². The van der Waals surface area contributed by atoms with Crippen molar-refractivity contribution >= 4 is 11.7 Å². The van der Waals surface area contributed by atoms with Crippen LogP contribution in [0.3, 0.4) is 0 Å². The van der Waals surface area contributed by atoms with Crippen LogP contribution in [0.1, 0.15) is 25.0 Å². The maximum atomic E-state index is 12.2. The largest absolute Gasteiger partial charge is 0.409 e. The number of hydrogen-bond acceptors (Lipinski definition) is 3. The van der Waals surface area contributed by atoms with E-state index in [4.69, 9.17) is 10.9 Å². The second-order valence-electron chi connectivity index (χ2n) is 5.61. The minimum Gasteiger partial charge on any atom is -0.409 e. The lowest BCUT2D eigenvalue weighted by Gasteiger charge is -2.16. The molecule has 2 atom stereocenters. The molecule has 0 aliphatic carbocycles. The molecule has 1 fully saturated rings. The Morgan fingerprint density at radius 2 is 1.85 bits per heavy atom. The predicted molar refractivity (Wildman–Crippen MR) is 77.6 cm³/mol. The van der Waals surface area contributed by atoms with E-state index in [9.17, 15) is 4.79 Å². The average molecular weight is 275 g/mol. The Kier molecular flexibility index (Phi) is 4.27. The van der Waals surface area contributed by atoms with Crippen LogP contribution in [0.15, 0.2) is 29.4 Å². The molecule has 2 rings (SSSR count). The van der Waals surface area contributed by atoms with Gasteiger partial charge < -0.3 is 15.8 Å². The van der Waals surface area contributed by atoms with E-state index in [2.05, 4.69) is 19.0 Å². The van der Waals surface area contributed by atoms with E-state index >= 15 is 0 Å². The summed E-state index contributed by atoms with van der Waals surface area (Å²) in [6.45, 7) is 6.07. The molecule has 5 heteroatoms.